The fourth-order valence-corrected chi connectivity index (χ4v) is 5.17. The molecule has 4 heteroatoms. The number of nitriles is 1. The molecule has 7 rings (SSSR count). The van der Waals surface area contributed by atoms with E-state index < -0.39 is 0 Å². The van der Waals surface area contributed by atoms with Crippen molar-refractivity contribution in [1.29, 1.82) is 5.26 Å². The lowest BCUT2D eigenvalue weighted by Gasteiger charge is -2.14. The summed E-state index contributed by atoms with van der Waals surface area (Å²) < 4.78 is 2.34. The zero-order chi connectivity index (χ0) is 23.4. The summed E-state index contributed by atoms with van der Waals surface area (Å²) in [6, 6.07) is 35.8. The van der Waals surface area contributed by atoms with E-state index in [-0.39, 0.29) is 0 Å². The average molecular weight is 447 g/mol. The van der Waals surface area contributed by atoms with Gasteiger partial charge >= 0.3 is 0 Å². The molecule has 35 heavy (non-hydrogen) atoms. The summed E-state index contributed by atoms with van der Waals surface area (Å²) >= 11 is 0. The molecule has 7 aromatic rings. The van der Waals surface area contributed by atoms with Crippen LogP contribution in [0.15, 0.2) is 109 Å². The smallest absolute Gasteiger partial charge is 0.0991 e. The molecule has 0 N–H and O–H groups in total. The van der Waals surface area contributed by atoms with Crippen molar-refractivity contribution in [2.75, 3.05) is 0 Å². The predicted molar refractivity (Wildman–Crippen MR) is 142 cm³/mol. The maximum atomic E-state index is 9.18. The van der Waals surface area contributed by atoms with Crippen molar-refractivity contribution < 1.29 is 0 Å². The normalized spacial score (nSPS) is 11.4. The van der Waals surface area contributed by atoms with Crippen LogP contribution >= 0.6 is 0 Å². The van der Waals surface area contributed by atoms with E-state index >= 15 is 0 Å². The van der Waals surface area contributed by atoms with Gasteiger partial charge < -0.3 is 4.57 Å². The molecule has 0 atom stereocenters. The number of rotatable bonds is 2. The van der Waals surface area contributed by atoms with E-state index in [0.717, 1.165) is 38.6 Å². The van der Waals surface area contributed by atoms with Crippen LogP contribution < -0.4 is 0 Å². The molecule has 0 radical (unpaired) electrons. The van der Waals surface area contributed by atoms with Gasteiger partial charge in [-0.3, -0.25) is 0 Å². The lowest BCUT2D eigenvalue weighted by molar-refractivity contribution is 1.05. The molecule has 162 valence electrons. The number of hydrogen-bond donors (Lipinski definition) is 0. The highest BCUT2D eigenvalue weighted by Gasteiger charge is 2.16. The van der Waals surface area contributed by atoms with E-state index in [1.165, 1.54) is 21.5 Å². The monoisotopic (exact) mass is 446 g/mol. The molecule has 0 unspecified atom stereocenters. The standard InChI is InChI=1S/C31H18N4/c32-17-20-9-11-21(12-10-20)24-13-14-30(28-19-34-33-18-27(24)28)35-29-8-4-3-7-25(29)26-15-22-5-1-2-6-23(22)16-31(26)35/h1-16,18-19H. The van der Waals surface area contributed by atoms with Crippen LogP contribution in [0.2, 0.25) is 0 Å². The van der Waals surface area contributed by atoms with E-state index in [1.807, 2.05) is 36.7 Å². The highest BCUT2D eigenvalue weighted by Crippen LogP contribution is 2.38. The molecule has 0 spiro atoms. The van der Waals surface area contributed by atoms with Gasteiger partial charge in [0, 0.05) is 21.5 Å². The Labute approximate surface area is 201 Å². The third kappa shape index (κ3) is 2.92. The molecule has 0 saturated heterocycles. The van der Waals surface area contributed by atoms with Crippen LogP contribution in [0.5, 0.6) is 0 Å². The molecule has 0 saturated carbocycles. The average Bonchev–Trinajstić information content (AvgIpc) is 3.24. The van der Waals surface area contributed by atoms with E-state index in [2.05, 4.69) is 93.6 Å². The Morgan fingerprint density at radius 3 is 2.11 bits per heavy atom. The zero-order valence-corrected chi connectivity index (χ0v) is 18.7. The molecular formula is C31H18N4. The van der Waals surface area contributed by atoms with Gasteiger partial charge in [0.1, 0.15) is 0 Å². The molecule has 0 aliphatic carbocycles. The Hall–Kier alpha value is -5.01. The van der Waals surface area contributed by atoms with Crippen molar-refractivity contribution in [1.82, 2.24) is 14.8 Å². The fourth-order valence-electron chi connectivity index (χ4n) is 5.17. The second-order valence-corrected chi connectivity index (χ2v) is 8.71. The van der Waals surface area contributed by atoms with Gasteiger partial charge in [-0.1, -0.05) is 60.7 Å². The molecule has 0 bridgehead atoms. The number of aromatic nitrogens is 3. The summed E-state index contributed by atoms with van der Waals surface area (Å²) in [5, 5.41) is 24.6. The molecular weight excluding hydrogens is 428 g/mol. The minimum atomic E-state index is 0.645. The summed E-state index contributed by atoms with van der Waals surface area (Å²) in [5.74, 6) is 0. The van der Waals surface area contributed by atoms with Crippen molar-refractivity contribution in [3.63, 3.8) is 0 Å². The van der Waals surface area contributed by atoms with Gasteiger partial charge in [-0.05, 0) is 58.3 Å². The topological polar surface area (TPSA) is 54.5 Å². The quantitative estimate of drug-likeness (QED) is 0.278. The van der Waals surface area contributed by atoms with Gasteiger partial charge in [-0.2, -0.15) is 15.5 Å². The molecule has 2 heterocycles. The first-order valence-corrected chi connectivity index (χ1v) is 11.5. The lowest BCUT2D eigenvalue weighted by Crippen LogP contribution is -1.97. The first-order chi connectivity index (χ1) is 17.3. The van der Waals surface area contributed by atoms with E-state index in [0.29, 0.717) is 5.56 Å². The first kappa shape index (κ1) is 19.5. The van der Waals surface area contributed by atoms with Crippen LogP contribution in [0.25, 0.3) is 60.2 Å². The van der Waals surface area contributed by atoms with Crippen molar-refractivity contribution in [3.8, 4) is 22.9 Å². The first-order valence-electron chi connectivity index (χ1n) is 11.5. The second-order valence-electron chi connectivity index (χ2n) is 8.71. The van der Waals surface area contributed by atoms with Crippen LogP contribution in [-0.2, 0) is 0 Å². The van der Waals surface area contributed by atoms with Crippen LogP contribution in [0.1, 0.15) is 5.56 Å². The van der Waals surface area contributed by atoms with E-state index in [4.69, 9.17) is 0 Å². The molecule has 0 aliphatic rings. The van der Waals surface area contributed by atoms with Gasteiger partial charge in [0.2, 0.25) is 0 Å². The number of fused-ring (bicyclic) bond motifs is 5. The number of hydrogen-bond acceptors (Lipinski definition) is 3. The fraction of sp³-hybridized carbons (Fsp3) is 0. The molecule has 0 aliphatic heterocycles. The van der Waals surface area contributed by atoms with E-state index in [9.17, 15) is 5.26 Å². The second kappa shape index (κ2) is 7.51. The van der Waals surface area contributed by atoms with Crippen LogP contribution in [0.3, 0.4) is 0 Å². The van der Waals surface area contributed by atoms with Gasteiger partial charge in [0.15, 0.2) is 0 Å². The van der Waals surface area contributed by atoms with Gasteiger partial charge in [0.25, 0.3) is 0 Å². The van der Waals surface area contributed by atoms with Gasteiger partial charge in [-0.15, -0.1) is 0 Å². The Morgan fingerprint density at radius 1 is 0.600 bits per heavy atom. The molecule has 4 nitrogen and oxygen atoms in total. The predicted octanol–water partition coefficient (Wildman–Crippen LogP) is 7.42. The number of para-hydroxylation sites is 1. The third-order valence-electron chi connectivity index (χ3n) is 6.81. The number of nitrogens with zero attached hydrogens (tertiary/aromatic N) is 4. The van der Waals surface area contributed by atoms with Gasteiger partial charge in [0.05, 0.1) is 40.7 Å². The third-order valence-corrected chi connectivity index (χ3v) is 6.81. The van der Waals surface area contributed by atoms with Crippen molar-refractivity contribution >= 4 is 43.4 Å². The Kier molecular flexibility index (Phi) is 4.18. The highest BCUT2D eigenvalue weighted by atomic mass is 15.1. The minimum Gasteiger partial charge on any atom is -0.309 e. The summed E-state index contributed by atoms with van der Waals surface area (Å²) in [5.41, 5.74) is 6.13. The zero-order valence-electron chi connectivity index (χ0n) is 18.7. The summed E-state index contributed by atoms with van der Waals surface area (Å²) in [6.07, 6.45) is 3.68. The SMILES string of the molecule is N#Cc1ccc(-c2ccc(-n3c4ccccc4c4cc5ccccc5cc43)c3cnncc23)cc1. The minimum absolute atomic E-state index is 0.645. The van der Waals surface area contributed by atoms with Crippen molar-refractivity contribution in [2.45, 2.75) is 0 Å². The van der Waals surface area contributed by atoms with Gasteiger partial charge in [-0.25, -0.2) is 0 Å². The van der Waals surface area contributed by atoms with E-state index in [1.54, 1.807) is 0 Å². The lowest BCUT2D eigenvalue weighted by atomic mass is 9.98. The summed E-state index contributed by atoms with van der Waals surface area (Å²) in [6.45, 7) is 0. The highest BCUT2D eigenvalue weighted by molar-refractivity contribution is 6.15. The Bertz CT molecular complexity index is 1960. The largest absolute Gasteiger partial charge is 0.309 e. The maximum absolute atomic E-state index is 9.18. The van der Waals surface area contributed by atoms with Crippen LogP contribution in [0.4, 0.5) is 0 Å². The number of benzene rings is 5. The molecule has 0 amide bonds. The van der Waals surface area contributed by atoms with Crippen molar-refractivity contribution in [2.24, 2.45) is 0 Å². The van der Waals surface area contributed by atoms with Crippen LogP contribution in [-0.4, -0.2) is 14.8 Å². The molecule has 2 aromatic heterocycles. The Morgan fingerprint density at radius 2 is 1.31 bits per heavy atom. The maximum Gasteiger partial charge on any atom is 0.0991 e. The van der Waals surface area contributed by atoms with Crippen molar-refractivity contribution in [3.05, 3.63) is 115 Å². The molecule has 5 aromatic carbocycles. The Balaban J connectivity index is 1.57. The molecule has 0 fully saturated rings. The summed E-state index contributed by atoms with van der Waals surface area (Å²) in [7, 11) is 0. The summed E-state index contributed by atoms with van der Waals surface area (Å²) in [4.78, 5) is 0. The van der Waals surface area contributed by atoms with Crippen LogP contribution in [0, 0.1) is 11.3 Å².